The summed E-state index contributed by atoms with van der Waals surface area (Å²) in [6.07, 6.45) is 3.37. The van der Waals surface area contributed by atoms with Crippen LogP contribution in [0.4, 0.5) is 0 Å². The van der Waals surface area contributed by atoms with E-state index in [1.807, 2.05) is 30.3 Å². The van der Waals surface area contributed by atoms with Crippen molar-refractivity contribution in [2.45, 2.75) is 31.3 Å². The van der Waals surface area contributed by atoms with E-state index in [4.69, 9.17) is 5.73 Å². The zero-order valence-electron chi connectivity index (χ0n) is 11.5. The molecule has 0 aromatic heterocycles. The van der Waals surface area contributed by atoms with Crippen LogP contribution < -0.4 is 11.1 Å². The van der Waals surface area contributed by atoms with Crippen molar-refractivity contribution in [2.75, 3.05) is 6.61 Å². The van der Waals surface area contributed by atoms with E-state index in [9.17, 15) is 9.90 Å². The minimum absolute atomic E-state index is 0.00704. The number of amides is 1. The number of benzene rings is 1. The number of fused-ring (bicyclic) bond motifs is 2. The Morgan fingerprint density at radius 2 is 2.00 bits per heavy atom. The monoisotopic (exact) mass is 274 g/mol. The molecule has 2 fully saturated rings. The number of nitrogens with one attached hydrogen (secondary N) is 1. The minimum Gasteiger partial charge on any atom is -0.394 e. The summed E-state index contributed by atoms with van der Waals surface area (Å²) < 4.78 is 0. The maximum Gasteiger partial charge on any atom is 0.225 e. The largest absolute Gasteiger partial charge is 0.394 e. The van der Waals surface area contributed by atoms with Gasteiger partial charge in [-0.3, -0.25) is 4.79 Å². The Morgan fingerprint density at radius 1 is 1.30 bits per heavy atom. The van der Waals surface area contributed by atoms with Crippen LogP contribution >= 0.6 is 0 Å². The summed E-state index contributed by atoms with van der Waals surface area (Å²) in [4.78, 5) is 12.5. The molecule has 1 aromatic rings. The van der Waals surface area contributed by atoms with Crippen LogP contribution in [0.1, 0.15) is 30.9 Å². The van der Waals surface area contributed by atoms with Crippen molar-refractivity contribution < 1.29 is 9.90 Å². The molecule has 4 nitrogen and oxygen atoms in total. The molecule has 0 aliphatic heterocycles. The fourth-order valence-electron chi connectivity index (χ4n) is 3.91. The lowest BCUT2D eigenvalue weighted by Gasteiger charge is -2.29. The Morgan fingerprint density at radius 3 is 2.60 bits per heavy atom. The van der Waals surface area contributed by atoms with E-state index in [2.05, 4.69) is 5.32 Å². The molecule has 4 unspecified atom stereocenters. The summed E-state index contributed by atoms with van der Waals surface area (Å²) in [5, 5.41) is 12.5. The smallest absolute Gasteiger partial charge is 0.225 e. The second kappa shape index (κ2) is 5.54. The van der Waals surface area contributed by atoms with Crippen LogP contribution in [0.3, 0.4) is 0 Å². The molecule has 0 radical (unpaired) electrons. The molecule has 1 amide bonds. The maximum absolute atomic E-state index is 12.5. The summed E-state index contributed by atoms with van der Waals surface area (Å²) in [5.41, 5.74) is 7.13. The SMILES string of the molecule is NC1C2CCC(C2)C1C(=O)N[C@H](CO)c1ccccc1. The molecule has 4 heteroatoms. The number of carbonyl (C=O) groups is 1. The summed E-state index contributed by atoms with van der Waals surface area (Å²) in [5.74, 6) is 0.879. The van der Waals surface area contributed by atoms with Crippen LogP contribution in [0, 0.1) is 17.8 Å². The molecular weight excluding hydrogens is 252 g/mol. The van der Waals surface area contributed by atoms with Crippen molar-refractivity contribution >= 4 is 5.91 Å². The fraction of sp³-hybridized carbons (Fsp3) is 0.562. The highest BCUT2D eigenvalue weighted by molar-refractivity contribution is 5.81. The Labute approximate surface area is 119 Å². The van der Waals surface area contributed by atoms with Gasteiger partial charge in [0.15, 0.2) is 0 Å². The normalized spacial score (nSPS) is 33.1. The molecule has 20 heavy (non-hydrogen) atoms. The zero-order chi connectivity index (χ0) is 14.1. The lowest BCUT2D eigenvalue weighted by Crippen LogP contribution is -2.46. The summed E-state index contributed by atoms with van der Waals surface area (Å²) in [6, 6.07) is 9.23. The second-order valence-electron chi connectivity index (χ2n) is 6.09. The number of nitrogens with two attached hydrogens (primary N) is 1. The summed E-state index contributed by atoms with van der Waals surface area (Å²) in [7, 11) is 0. The van der Waals surface area contributed by atoms with Crippen LogP contribution in [-0.4, -0.2) is 23.7 Å². The van der Waals surface area contributed by atoms with Gasteiger partial charge in [-0.25, -0.2) is 0 Å². The van der Waals surface area contributed by atoms with Crippen molar-refractivity contribution in [3.63, 3.8) is 0 Å². The van der Waals surface area contributed by atoms with Crippen molar-refractivity contribution in [1.29, 1.82) is 0 Å². The lowest BCUT2D eigenvalue weighted by molar-refractivity contribution is -0.128. The Hall–Kier alpha value is -1.39. The van der Waals surface area contributed by atoms with Gasteiger partial charge in [0.05, 0.1) is 18.6 Å². The molecule has 0 spiro atoms. The average molecular weight is 274 g/mol. The molecule has 2 aliphatic carbocycles. The molecule has 1 aromatic carbocycles. The van der Waals surface area contributed by atoms with Gasteiger partial charge < -0.3 is 16.2 Å². The van der Waals surface area contributed by atoms with E-state index < -0.39 is 0 Å². The highest BCUT2D eigenvalue weighted by Gasteiger charge is 2.49. The standard InChI is InChI=1S/C16H22N2O2/c17-15-12-7-6-11(8-12)14(15)16(20)18-13(9-19)10-4-2-1-3-5-10/h1-5,11-15,19H,6-9,17H2,(H,18,20)/t11?,12?,13-,14?,15?/m1/s1. The number of hydrogen-bond donors (Lipinski definition) is 3. The second-order valence-corrected chi connectivity index (χ2v) is 6.09. The first-order valence-corrected chi connectivity index (χ1v) is 7.42. The molecule has 5 atom stereocenters. The number of aliphatic hydroxyl groups excluding tert-OH is 1. The summed E-state index contributed by atoms with van der Waals surface area (Å²) in [6.45, 7) is -0.0915. The quantitative estimate of drug-likeness (QED) is 0.772. The van der Waals surface area contributed by atoms with Crippen LogP contribution in [0.2, 0.25) is 0 Å². The first-order chi connectivity index (χ1) is 9.70. The topological polar surface area (TPSA) is 75.4 Å². The van der Waals surface area contributed by atoms with E-state index in [1.165, 1.54) is 0 Å². The number of aliphatic hydroxyl groups is 1. The van der Waals surface area contributed by atoms with E-state index in [0.29, 0.717) is 11.8 Å². The van der Waals surface area contributed by atoms with Crippen LogP contribution in [-0.2, 0) is 4.79 Å². The molecule has 4 N–H and O–H groups in total. The molecule has 108 valence electrons. The van der Waals surface area contributed by atoms with Gasteiger partial charge in [0.1, 0.15) is 0 Å². The van der Waals surface area contributed by atoms with Crippen molar-refractivity contribution in [2.24, 2.45) is 23.5 Å². The van der Waals surface area contributed by atoms with Crippen LogP contribution in [0.5, 0.6) is 0 Å². The zero-order valence-corrected chi connectivity index (χ0v) is 11.5. The van der Waals surface area contributed by atoms with Crippen LogP contribution in [0.15, 0.2) is 30.3 Å². The molecule has 2 bridgehead atoms. The van der Waals surface area contributed by atoms with Gasteiger partial charge in [-0.2, -0.15) is 0 Å². The van der Waals surface area contributed by atoms with Gasteiger partial charge in [-0.05, 0) is 36.7 Å². The molecular formula is C16H22N2O2. The lowest BCUT2D eigenvalue weighted by atomic mass is 9.84. The first-order valence-electron chi connectivity index (χ1n) is 7.42. The third kappa shape index (κ3) is 2.34. The summed E-state index contributed by atoms with van der Waals surface area (Å²) >= 11 is 0. The fourth-order valence-corrected chi connectivity index (χ4v) is 3.91. The van der Waals surface area contributed by atoms with Gasteiger partial charge in [0.25, 0.3) is 0 Å². The van der Waals surface area contributed by atoms with E-state index in [0.717, 1.165) is 24.8 Å². The van der Waals surface area contributed by atoms with E-state index in [1.54, 1.807) is 0 Å². The number of rotatable bonds is 4. The number of carbonyl (C=O) groups excluding carboxylic acids is 1. The third-order valence-corrected chi connectivity index (χ3v) is 4.98. The van der Waals surface area contributed by atoms with Gasteiger partial charge in [-0.15, -0.1) is 0 Å². The highest BCUT2D eigenvalue weighted by atomic mass is 16.3. The molecule has 2 saturated carbocycles. The predicted octanol–water partition coefficient (Wildman–Crippen LogP) is 1.21. The molecule has 0 saturated heterocycles. The molecule has 2 aliphatic rings. The van der Waals surface area contributed by atoms with Gasteiger partial charge in [0, 0.05) is 6.04 Å². The highest BCUT2D eigenvalue weighted by Crippen LogP contribution is 2.47. The van der Waals surface area contributed by atoms with Crippen molar-refractivity contribution in [3.8, 4) is 0 Å². The Kier molecular flexibility index (Phi) is 3.76. The first kappa shape index (κ1) is 13.6. The van der Waals surface area contributed by atoms with Gasteiger partial charge >= 0.3 is 0 Å². The van der Waals surface area contributed by atoms with Crippen molar-refractivity contribution in [3.05, 3.63) is 35.9 Å². The van der Waals surface area contributed by atoms with E-state index in [-0.39, 0.29) is 30.5 Å². The minimum atomic E-state index is -0.338. The van der Waals surface area contributed by atoms with Gasteiger partial charge in [-0.1, -0.05) is 30.3 Å². The van der Waals surface area contributed by atoms with E-state index >= 15 is 0 Å². The third-order valence-electron chi connectivity index (χ3n) is 4.98. The maximum atomic E-state index is 12.5. The van der Waals surface area contributed by atoms with Crippen LogP contribution in [0.25, 0.3) is 0 Å². The Bertz CT molecular complexity index is 475. The number of hydrogen-bond acceptors (Lipinski definition) is 3. The Balaban J connectivity index is 1.69. The molecule has 3 rings (SSSR count). The predicted molar refractivity (Wildman–Crippen MR) is 76.7 cm³/mol. The average Bonchev–Trinajstić information content (AvgIpc) is 3.06. The van der Waals surface area contributed by atoms with Crippen molar-refractivity contribution in [1.82, 2.24) is 5.32 Å². The van der Waals surface area contributed by atoms with Gasteiger partial charge in [0.2, 0.25) is 5.91 Å². The molecule has 0 heterocycles.